The third kappa shape index (κ3) is 5.89. The standard InChI is InChI=1S/C15H19ClN4O4S/c1-3-23-14-13(24-14)19-11(21)7-25-15(18)20-12(17)9-6-8(16)4-5-10(9)22-2/h4-6,13-14H,3,7H2,1-2H3,(H,19,21)(H3,17,18,20). The van der Waals surface area contributed by atoms with Crippen LogP contribution in [0.2, 0.25) is 5.02 Å². The Morgan fingerprint density at radius 1 is 1.56 bits per heavy atom. The molecular weight excluding hydrogens is 368 g/mol. The maximum absolute atomic E-state index is 11.8. The zero-order valence-electron chi connectivity index (χ0n) is 13.7. The summed E-state index contributed by atoms with van der Waals surface area (Å²) in [7, 11) is 1.50. The van der Waals surface area contributed by atoms with Crippen LogP contribution in [0.3, 0.4) is 0 Å². The molecule has 2 rings (SSSR count). The molecule has 2 unspecified atom stereocenters. The van der Waals surface area contributed by atoms with Gasteiger partial charge in [-0.1, -0.05) is 23.4 Å². The quantitative estimate of drug-likeness (QED) is 0.371. The Morgan fingerprint density at radius 2 is 2.32 bits per heavy atom. The van der Waals surface area contributed by atoms with Crippen molar-refractivity contribution in [2.75, 3.05) is 19.5 Å². The molecule has 8 nitrogen and oxygen atoms in total. The molecule has 0 bridgehead atoms. The highest BCUT2D eigenvalue weighted by Gasteiger charge is 2.41. The number of rotatable bonds is 7. The van der Waals surface area contributed by atoms with Gasteiger partial charge in [-0.15, -0.1) is 0 Å². The van der Waals surface area contributed by atoms with Gasteiger partial charge in [-0.3, -0.25) is 10.2 Å². The fourth-order valence-corrected chi connectivity index (χ4v) is 2.59. The van der Waals surface area contributed by atoms with Crippen LogP contribution in [0.15, 0.2) is 23.2 Å². The number of thioether (sulfide) groups is 1. The van der Waals surface area contributed by atoms with E-state index in [0.29, 0.717) is 22.9 Å². The molecule has 0 aromatic heterocycles. The molecule has 0 spiro atoms. The summed E-state index contributed by atoms with van der Waals surface area (Å²) in [5, 5.41) is 10.8. The number of nitrogens with one attached hydrogen (secondary N) is 2. The Bertz CT molecular complexity index is 685. The lowest BCUT2D eigenvalue weighted by Crippen LogP contribution is -2.30. The zero-order chi connectivity index (χ0) is 18.4. The summed E-state index contributed by atoms with van der Waals surface area (Å²) in [6.07, 6.45) is -0.811. The molecule has 1 aliphatic rings. The minimum Gasteiger partial charge on any atom is -0.496 e. The van der Waals surface area contributed by atoms with Crippen LogP contribution < -0.4 is 15.8 Å². The number of carbonyl (C=O) groups is 1. The van der Waals surface area contributed by atoms with E-state index < -0.39 is 6.23 Å². The van der Waals surface area contributed by atoms with E-state index in [1.54, 1.807) is 18.2 Å². The fraction of sp³-hybridized carbons (Fsp3) is 0.400. The summed E-state index contributed by atoms with van der Waals surface area (Å²) in [4.78, 5) is 15.7. The Labute approximate surface area is 154 Å². The second-order valence-electron chi connectivity index (χ2n) is 4.88. The van der Waals surface area contributed by atoms with Gasteiger partial charge in [0.2, 0.25) is 12.2 Å². The lowest BCUT2D eigenvalue weighted by Gasteiger charge is -2.08. The van der Waals surface area contributed by atoms with Gasteiger partial charge in [0.05, 0.1) is 18.4 Å². The summed E-state index contributed by atoms with van der Waals surface area (Å²) in [6.45, 7) is 2.35. The number of epoxide rings is 1. The Balaban J connectivity index is 1.85. The van der Waals surface area contributed by atoms with E-state index in [2.05, 4.69) is 10.3 Å². The number of nitrogens with zero attached hydrogens (tertiary/aromatic N) is 1. The highest BCUT2D eigenvalue weighted by atomic mass is 35.5. The average molecular weight is 387 g/mol. The predicted octanol–water partition coefficient (Wildman–Crippen LogP) is 1.56. The third-order valence-electron chi connectivity index (χ3n) is 3.08. The first-order chi connectivity index (χ1) is 11.9. The minimum absolute atomic E-state index is 0.0149. The van der Waals surface area contributed by atoms with Gasteiger partial charge < -0.3 is 25.3 Å². The van der Waals surface area contributed by atoms with E-state index in [-0.39, 0.29) is 29.0 Å². The first-order valence-electron chi connectivity index (χ1n) is 7.40. The van der Waals surface area contributed by atoms with Crippen molar-refractivity contribution in [1.82, 2.24) is 5.32 Å². The van der Waals surface area contributed by atoms with Crippen LogP contribution in [-0.2, 0) is 14.3 Å². The molecule has 1 saturated heterocycles. The first-order valence-corrected chi connectivity index (χ1v) is 8.76. The molecule has 10 heteroatoms. The van der Waals surface area contributed by atoms with Gasteiger partial charge in [0.1, 0.15) is 11.6 Å². The van der Waals surface area contributed by atoms with E-state index in [0.717, 1.165) is 11.8 Å². The summed E-state index contributed by atoms with van der Waals surface area (Å²) in [5.74, 6) is 0.311. The second-order valence-corrected chi connectivity index (χ2v) is 6.28. The van der Waals surface area contributed by atoms with E-state index in [1.165, 1.54) is 7.11 Å². The van der Waals surface area contributed by atoms with Gasteiger partial charge >= 0.3 is 0 Å². The van der Waals surface area contributed by atoms with Crippen molar-refractivity contribution in [2.24, 2.45) is 10.7 Å². The molecule has 1 aromatic rings. The summed E-state index contributed by atoms with van der Waals surface area (Å²) in [6, 6.07) is 4.92. The van der Waals surface area contributed by atoms with Crippen molar-refractivity contribution in [1.29, 1.82) is 5.41 Å². The number of aliphatic imine (C=N–C) groups is 1. The topological polar surface area (TPSA) is 122 Å². The van der Waals surface area contributed by atoms with Gasteiger partial charge in [-0.25, -0.2) is 4.99 Å². The summed E-state index contributed by atoms with van der Waals surface area (Å²) >= 11 is 6.89. The molecule has 0 radical (unpaired) electrons. The SMILES string of the molecule is CCOC1OC1NC(=O)CSC(=N)/N=C(\N)c1cc(Cl)ccc1OC. The number of benzene rings is 1. The monoisotopic (exact) mass is 386 g/mol. The predicted molar refractivity (Wildman–Crippen MR) is 97.3 cm³/mol. The van der Waals surface area contributed by atoms with Crippen molar-refractivity contribution in [3.8, 4) is 5.75 Å². The number of hydrogen-bond acceptors (Lipinski definition) is 6. The fourth-order valence-electron chi connectivity index (χ4n) is 1.91. The number of methoxy groups -OCH3 is 1. The van der Waals surface area contributed by atoms with Gasteiger partial charge in [0.15, 0.2) is 11.4 Å². The van der Waals surface area contributed by atoms with Crippen molar-refractivity contribution >= 4 is 40.3 Å². The van der Waals surface area contributed by atoms with E-state index in [4.69, 9.17) is 37.0 Å². The molecule has 25 heavy (non-hydrogen) atoms. The molecule has 1 heterocycles. The van der Waals surface area contributed by atoms with Crippen LogP contribution in [0.5, 0.6) is 5.75 Å². The van der Waals surface area contributed by atoms with Crippen LogP contribution in [-0.4, -0.2) is 48.9 Å². The van der Waals surface area contributed by atoms with Crippen LogP contribution in [0.1, 0.15) is 12.5 Å². The van der Waals surface area contributed by atoms with Crippen molar-refractivity contribution in [3.05, 3.63) is 28.8 Å². The third-order valence-corrected chi connectivity index (χ3v) is 4.09. The Hall–Kier alpha value is -1.81. The van der Waals surface area contributed by atoms with Crippen molar-refractivity contribution in [2.45, 2.75) is 19.4 Å². The van der Waals surface area contributed by atoms with Gasteiger partial charge in [-0.05, 0) is 25.1 Å². The molecule has 1 amide bonds. The van der Waals surface area contributed by atoms with Crippen LogP contribution in [0, 0.1) is 5.41 Å². The molecule has 4 N–H and O–H groups in total. The lowest BCUT2D eigenvalue weighted by molar-refractivity contribution is -0.119. The van der Waals surface area contributed by atoms with Crippen LogP contribution in [0.4, 0.5) is 0 Å². The highest BCUT2D eigenvalue weighted by Crippen LogP contribution is 2.23. The summed E-state index contributed by atoms with van der Waals surface area (Å²) in [5.41, 5.74) is 6.39. The van der Waals surface area contributed by atoms with Crippen molar-refractivity contribution in [3.63, 3.8) is 0 Å². The largest absolute Gasteiger partial charge is 0.496 e. The molecule has 1 aliphatic heterocycles. The van der Waals surface area contributed by atoms with Gasteiger partial charge in [0.25, 0.3) is 0 Å². The molecule has 0 aliphatic carbocycles. The molecule has 1 fully saturated rings. The van der Waals surface area contributed by atoms with Crippen molar-refractivity contribution < 1.29 is 19.0 Å². The number of nitrogens with two attached hydrogens (primary N) is 1. The maximum Gasteiger partial charge on any atom is 0.232 e. The van der Waals surface area contributed by atoms with Crippen LogP contribution >= 0.6 is 23.4 Å². The number of amides is 1. The number of hydrogen-bond donors (Lipinski definition) is 3. The molecular formula is C15H19ClN4O4S. The minimum atomic E-state index is -0.425. The molecule has 1 aromatic carbocycles. The van der Waals surface area contributed by atoms with Crippen LogP contribution in [0.25, 0.3) is 0 Å². The van der Waals surface area contributed by atoms with Gasteiger partial charge in [-0.2, -0.15) is 0 Å². The Morgan fingerprint density at radius 3 is 3.00 bits per heavy atom. The van der Waals surface area contributed by atoms with E-state index >= 15 is 0 Å². The zero-order valence-corrected chi connectivity index (χ0v) is 15.3. The number of carbonyl (C=O) groups excluding carboxylic acids is 1. The molecule has 2 atom stereocenters. The van der Waals surface area contributed by atoms with Gasteiger partial charge in [0, 0.05) is 11.6 Å². The van der Waals surface area contributed by atoms with E-state index in [9.17, 15) is 4.79 Å². The first kappa shape index (κ1) is 19.5. The number of ether oxygens (including phenoxy) is 3. The number of amidine groups is 2. The molecule has 0 saturated carbocycles. The maximum atomic E-state index is 11.8. The molecule has 136 valence electrons. The summed E-state index contributed by atoms with van der Waals surface area (Å²) < 4.78 is 15.5. The number of halogens is 1. The highest BCUT2D eigenvalue weighted by molar-refractivity contribution is 8.14. The van der Waals surface area contributed by atoms with E-state index in [1.807, 2.05) is 6.92 Å². The normalized spacial score (nSPS) is 19.4. The lowest BCUT2D eigenvalue weighted by atomic mass is 10.2. The second kappa shape index (κ2) is 9.04. The Kier molecular flexibility index (Phi) is 7.06. The smallest absolute Gasteiger partial charge is 0.232 e. The average Bonchev–Trinajstić information content (AvgIpc) is 3.30.